The summed E-state index contributed by atoms with van der Waals surface area (Å²) in [6.07, 6.45) is 0.419. The maximum absolute atomic E-state index is 12.0. The summed E-state index contributed by atoms with van der Waals surface area (Å²) >= 11 is 0. The van der Waals surface area contributed by atoms with E-state index in [2.05, 4.69) is 24.5 Å². The van der Waals surface area contributed by atoms with Gasteiger partial charge in [-0.2, -0.15) is 0 Å². The van der Waals surface area contributed by atoms with Crippen LogP contribution in [0, 0.1) is 0 Å². The van der Waals surface area contributed by atoms with Crippen molar-refractivity contribution in [3.63, 3.8) is 0 Å². The Morgan fingerprint density at radius 1 is 1.19 bits per heavy atom. The number of hydrogen-bond acceptors (Lipinski definition) is 4. The number of ether oxygens (including phenoxy) is 2. The van der Waals surface area contributed by atoms with Gasteiger partial charge in [-0.25, -0.2) is 0 Å². The van der Waals surface area contributed by atoms with Crippen LogP contribution in [-0.4, -0.2) is 31.7 Å². The highest BCUT2D eigenvalue weighted by molar-refractivity contribution is 5.92. The molecule has 0 atom stereocenters. The van der Waals surface area contributed by atoms with E-state index in [1.54, 1.807) is 6.07 Å². The summed E-state index contributed by atoms with van der Waals surface area (Å²) in [4.78, 5) is 12.0. The highest BCUT2D eigenvalue weighted by Gasteiger charge is 2.09. The van der Waals surface area contributed by atoms with Gasteiger partial charge in [0.05, 0.1) is 18.9 Å². The first kappa shape index (κ1) is 17.3. The Bertz CT molecular complexity index is 447. The molecule has 1 amide bonds. The van der Waals surface area contributed by atoms with E-state index in [1.165, 1.54) is 0 Å². The molecule has 5 heteroatoms. The minimum atomic E-state index is -0.0437. The number of hydrogen-bond donors (Lipinski definition) is 2. The fourth-order valence-electron chi connectivity index (χ4n) is 1.83. The van der Waals surface area contributed by atoms with Crippen LogP contribution >= 0.6 is 0 Å². The van der Waals surface area contributed by atoms with Crippen LogP contribution in [0.25, 0.3) is 0 Å². The van der Waals surface area contributed by atoms with Crippen molar-refractivity contribution in [3.8, 4) is 11.5 Å². The van der Waals surface area contributed by atoms with Crippen molar-refractivity contribution in [1.29, 1.82) is 0 Å². The van der Waals surface area contributed by atoms with Gasteiger partial charge in [-0.05, 0) is 26.0 Å². The summed E-state index contributed by atoms with van der Waals surface area (Å²) in [5.41, 5.74) is 0.650. The molecule has 0 aliphatic heterocycles. The van der Waals surface area contributed by atoms with Crippen LogP contribution in [0.4, 0.5) is 5.69 Å². The molecule has 0 heterocycles. The zero-order valence-electron chi connectivity index (χ0n) is 13.4. The summed E-state index contributed by atoms with van der Waals surface area (Å²) in [6.45, 7) is 9.72. The Balaban J connectivity index is 2.69. The summed E-state index contributed by atoms with van der Waals surface area (Å²) < 4.78 is 11.0. The second-order valence-corrected chi connectivity index (χ2v) is 4.93. The van der Waals surface area contributed by atoms with Crippen molar-refractivity contribution in [2.75, 3.05) is 25.1 Å². The molecular weight excluding hydrogens is 268 g/mol. The second kappa shape index (κ2) is 9.23. The quantitative estimate of drug-likeness (QED) is 0.735. The Morgan fingerprint density at radius 2 is 1.90 bits per heavy atom. The fourth-order valence-corrected chi connectivity index (χ4v) is 1.83. The molecule has 0 radical (unpaired) electrons. The molecular formula is C16H26N2O3. The first-order valence-electron chi connectivity index (χ1n) is 7.49. The minimum Gasteiger partial charge on any atom is -0.494 e. The molecule has 0 aliphatic rings. The van der Waals surface area contributed by atoms with Crippen LogP contribution in [-0.2, 0) is 4.79 Å². The molecule has 1 aromatic carbocycles. The van der Waals surface area contributed by atoms with Crippen LogP contribution in [0.5, 0.6) is 11.5 Å². The molecule has 0 aromatic heterocycles. The number of benzene rings is 1. The van der Waals surface area contributed by atoms with Crippen molar-refractivity contribution in [3.05, 3.63) is 18.2 Å². The molecule has 21 heavy (non-hydrogen) atoms. The van der Waals surface area contributed by atoms with Gasteiger partial charge in [-0.3, -0.25) is 4.79 Å². The molecule has 5 nitrogen and oxygen atoms in total. The number of anilines is 1. The highest BCUT2D eigenvalue weighted by atomic mass is 16.5. The Hall–Kier alpha value is -1.75. The van der Waals surface area contributed by atoms with Gasteiger partial charge in [-0.15, -0.1) is 0 Å². The van der Waals surface area contributed by atoms with E-state index < -0.39 is 0 Å². The minimum absolute atomic E-state index is 0.0437. The Kier molecular flexibility index (Phi) is 7.61. The third-order valence-corrected chi connectivity index (χ3v) is 2.74. The first-order valence-corrected chi connectivity index (χ1v) is 7.49. The SMILES string of the molecule is CCOc1ccc(OCC)c(NC(=O)CCNC(C)C)c1. The average Bonchev–Trinajstić information content (AvgIpc) is 2.41. The lowest BCUT2D eigenvalue weighted by Gasteiger charge is -2.14. The fraction of sp³-hybridized carbons (Fsp3) is 0.562. The van der Waals surface area contributed by atoms with Crippen LogP contribution in [0.3, 0.4) is 0 Å². The van der Waals surface area contributed by atoms with Crippen LogP contribution < -0.4 is 20.1 Å². The van der Waals surface area contributed by atoms with Crippen molar-refractivity contribution in [1.82, 2.24) is 5.32 Å². The summed E-state index contributed by atoms with van der Waals surface area (Å²) in [5.74, 6) is 1.33. The number of amides is 1. The molecule has 1 aromatic rings. The van der Waals surface area contributed by atoms with Crippen LogP contribution in [0.1, 0.15) is 34.1 Å². The van der Waals surface area contributed by atoms with Crippen molar-refractivity contribution >= 4 is 11.6 Å². The van der Waals surface area contributed by atoms with Gasteiger partial charge >= 0.3 is 0 Å². The lowest BCUT2D eigenvalue weighted by molar-refractivity contribution is -0.116. The lowest BCUT2D eigenvalue weighted by atomic mass is 10.2. The molecule has 0 spiro atoms. The zero-order chi connectivity index (χ0) is 15.7. The smallest absolute Gasteiger partial charge is 0.225 e. The lowest BCUT2D eigenvalue weighted by Crippen LogP contribution is -2.27. The third kappa shape index (κ3) is 6.49. The number of rotatable bonds is 9. The largest absolute Gasteiger partial charge is 0.494 e. The van der Waals surface area contributed by atoms with E-state index in [0.717, 1.165) is 5.75 Å². The predicted molar refractivity (Wildman–Crippen MR) is 85.2 cm³/mol. The first-order chi connectivity index (χ1) is 10.1. The predicted octanol–water partition coefficient (Wildman–Crippen LogP) is 2.81. The van der Waals surface area contributed by atoms with Gasteiger partial charge in [0.15, 0.2) is 0 Å². The number of nitrogens with one attached hydrogen (secondary N) is 2. The average molecular weight is 294 g/mol. The molecule has 0 fully saturated rings. The van der Waals surface area contributed by atoms with E-state index in [-0.39, 0.29) is 5.91 Å². The van der Waals surface area contributed by atoms with Crippen LogP contribution in [0.2, 0.25) is 0 Å². The van der Waals surface area contributed by atoms with E-state index >= 15 is 0 Å². The van der Waals surface area contributed by atoms with E-state index in [1.807, 2.05) is 26.0 Å². The molecule has 1 rings (SSSR count). The molecule has 118 valence electrons. The zero-order valence-corrected chi connectivity index (χ0v) is 13.4. The van der Waals surface area contributed by atoms with Crippen molar-refractivity contribution in [2.24, 2.45) is 0 Å². The van der Waals surface area contributed by atoms with Gasteiger partial charge in [0.25, 0.3) is 0 Å². The third-order valence-electron chi connectivity index (χ3n) is 2.74. The molecule has 0 unspecified atom stereocenters. The Morgan fingerprint density at radius 3 is 2.52 bits per heavy atom. The molecule has 0 saturated carbocycles. The Labute approximate surface area is 127 Å². The number of carbonyl (C=O) groups excluding carboxylic acids is 1. The van der Waals surface area contributed by atoms with Gasteiger partial charge in [0, 0.05) is 25.1 Å². The van der Waals surface area contributed by atoms with E-state index in [4.69, 9.17) is 9.47 Å². The van der Waals surface area contributed by atoms with Crippen molar-refractivity contribution < 1.29 is 14.3 Å². The second-order valence-electron chi connectivity index (χ2n) is 4.93. The molecule has 0 aliphatic carbocycles. The van der Waals surface area contributed by atoms with Gasteiger partial charge in [-0.1, -0.05) is 13.8 Å². The maximum Gasteiger partial charge on any atom is 0.225 e. The van der Waals surface area contributed by atoms with E-state index in [9.17, 15) is 4.79 Å². The monoisotopic (exact) mass is 294 g/mol. The normalized spacial score (nSPS) is 10.5. The molecule has 2 N–H and O–H groups in total. The van der Waals surface area contributed by atoms with Gasteiger partial charge < -0.3 is 20.1 Å². The summed E-state index contributed by atoms with van der Waals surface area (Å²) in [7, 11) is 0. The number of carbonyl (C=O) groups is 1. The van der Waals surface area contributed by atoms with Gasteiger partial charge in [0.1, 0.15) is 11.5 Å². The highest BCUT2D eigenvalue weighted by Crippen LogP contribution is 2.29. The van der Waals surface area contributed by atoms with Gasteiger partial charge in [0.2, 0.25) is 5.91 Å². The van der Waals surface area contributed by atoms with E-state index in [0.29, 0.717) is 43.7 Å². The topological polar surface area (TPSA) is 59.6 Å². The maximum atomic E-state index is 12.0. The summed E-state index contributed by atoms with van der Waals surface area (Å²) in [5, 5.41) is 6.10. The van der Waals surface area contributed by atoms with Crippen molar-refractivity contribution in [2.45, 2.75) is 40.2 Å². The summed E-state index contributed by atoms with van der Waals surface area (Å²) in [6, 6.07) is 5.82. The standard InChI is InChI=1S/C16H26N2O3/c1-5-20-13-7-8-15(21-6-2)14(11-13)18-16(19)9-10-17-12(3)4/h7-8,11-12,17H,5-6,9-10H2,1-4H3,(H,18,19). The van der Waals surface area contributed by atoms with Crippen LogP contribution in [0.15, 0.2) is 18.2 Å². The molecule has 0 saturated heterocycles. The molecule has 0 bridgehead atoms.